The van der Waals surface area contributed by atoms with Crippen LogP contribution < -0.4 is 0 Å². The summed E-state index contributed by atoms with van der Waals surface area (Å²) >= 11 is 0. The van der Waals surface area contributed by atoms with Crippen LogP contribution in [-0.2, 0) is 33.2 Å². The monoisotopic (exact) mass is 772 g/mol. The van der Waals surface area contributed by atoms with E-state index in [0.29, 0.717) is 6.42 Å². The molecule has 53 heavy (non-hydrogen) atoms. The smallest absolute Gasteiger partial charge is 0.187 e. The number of aliphatic hydroxyl groups excluding tert-OH is 13. The predicted molar refractivity (Wildman–Crippen MR) is 170 cm³/mol. The molecule has 6 rings (SSSR count). The lowest BCUT2D eigenvalue weighted by atomic mass is 9.72. The maximum atomic E-state index is 11.5. The van der Waals surface area contributed by atoms with E-state index < -0.39 is 154 Å². The molecule has 13 N–H and O–H groups in total. The molecule has 9 unspecified atom stereocenters. The lowest BCUT2D eigenvalue weighted by Gasteiger charge is -2.52. The first kappa shape index (κ1) is 41.8. The van der Waals surface area contributed by atoms with Gasteiger partial charge in [-0.2, -0.15) is 0 Å². The molecule has 0 amide bonds. The van der Waals surface area contributed by atoms with Crippen LogP contribution in [0.4, 0.5) is 0 Å². The molecule has 20 nitrogen and oxygen atoms in total. The van der Waals surface area contributed by atoms with Crippen molar-refractivity contribution in [3.63, 3.8) is 0 Å². The van der Waals surface area contributed by atoms with E-state index in [1.54, 1.807) is 0 Å². The minimum absolute atomic E-state index is 0.0861. The first-order valence-corrected chi connectivity index (χ1v) is 18.4. The van der Waals surface area contributed by atoms with Crippen LogP contribution >= 0.6 is 0 Å². The molecule has 0 aromatic heterocycles. The van der Waals surface area contributed by atoms with E-state index >= 15 is 0 Å². The Hall–Kier alpha value is -0.800. The zero-order valence-corrected chi connectivity index (χ0v) is 29.2. The molecule has 308 valence electrons. The van der Waals surface area contributed by atoms with Gasteiger partial charge in [0.2, 0.25) is 0 Å². The Bertz CT molecular complexity index is 1170. The number of ether oxygens (including phenoxy) is 7. The Kier molecular flexibility index (Phi) is 13.7. The van der Waals surface area contributed by atoms with Gasteiger partial charge in [-0.3, -0.25) is 0 Å². The summed E-state index contributed by atoms with van der Waals surface area (Å²) in [6, 6.07) is 0. The summed E-state index contributed by atoms with van der Waals surface area (Å²) in [4.78, 5) is 0. The summed E-state index contributed by atoms with van der Waals surface area (Å²) in [6.07, 6.45) is -29.2. The zero-order chi connectivity index (χ0) is 38.5. The molecule has 6 fully saturated rings. The predicted octanol–water partition coefficient (Wildman–Crippen LogP) is -6.34. The van der Waals surface area contributed by atoms with Gasteiger partial charge >= 0.3 is 0 Å². The van der Waals surface area contributed by atoms with Crippen LogP contribution in [0.3, 0.4) is 0 Å². The van der Waals surface area contributed by atoms with Crippen LogP contribution in [-0.4, -0.2) is 214 Å². The van der Waals surface area contributed by atoms with Gasteiger partial charge < -0.3 is 99.5 Å². The van der Waals surface area contributed by atoms with Gasteiger partial charge in [0.25, 0.3) is 0 Å². The van der Waals surface area contributed by atoms with Gasteiger partial charge in [-0.05, 0) is 51.4 Å². The molecule has 20 heteroatoms. The summed E-state index contributed by atoms with van der Waals surface area (Å²) in [5, 5.41) is 137. The summed E-state index contributed by atoms with van der Waals surface area (Å²) < 4.78 is 41.7. The van der Waals surface area contributed by atoms with Gasteiger partial charge in [0.05, 0.1) is 62.0 Å². The third-order valence-corrected chi connectivity index (χ3v) is 11.8. The summed E-state index contributed by atoms with van der Waals surface area (Å²) in [6.45, 7) is 0.0964. The molecular weight excluding hydrogens is 716 g/mol. The van der Waals surface area contributed by atoms with Gasteiger partial charge in [-0.25, -0.2) is 0 Å². The maximum absolute atomic E-state index is 11.5. The molecule has 24 atom stereocenters. The number of rotatable bonds is 9. The second-order valence-corrected chi connectivity index (χ2v) is 15.5. The highest BCUT2D eigenvalue weighted by molar-refractivity contribution is 5.00. The Balaban J connectivity index is 1.27. The molecule has 0 bridgehead atoms. The van der Waals surface area contributed by atoms with Crippen LogP contribution in [0.2, 0.25) is 0 Å². The minimum Gasteiger partial charge on any atom is -0.394 e. The third-order valence-electron chi connectivity index (χ3n) is 11.8. The van der Waals surface area contributed by atoms with Crippen molar-refractivity contribution in [2.75, 3.05) is 13.2 Å². The molecule has 2 aliphatic carbocycles. The van der Waals surface area contributed by atoms with Crippen LogP contribution in [0.25, 0.3) is 0 Å². The highest BCUT2D eigenvalue weighted by Gasteiger charge is 2.55. The fraction of sp³-hybridized carbons (Fsp3) is 1.00. The summed E-state index contributed by atoms with van der Waals surface area (Å²) in [5.41, 5.74) is 0. The molecule has 4 heterocycles. The van der Waals surface area contributed by atoms with Crippen molar-refractivity contribution in [1.29, 1.82) is 0 Å². The second kappa shape index (κ2) is 17.4. The van der Waals surface area contributed by atoms with E-state index in [0.717, 1.165) is 0 Å². The SMILES string of the molecule is C[C@H]1O[C@H](OC[C@H]2O[C@@H](OC3CC4C(O)CC(O)CC4OC3C3CCC(O)C(O)C3)[C@H](O[C@@H]3O[C@H](CO)[C@@H](O)[C@H](O)[C@H]3O)[C@@H](O)[C@@H]2O)[C@@H](O)[C@@H](O)[C@@H]1O. The maximum Gasteiger partial charge on any atom is 0.187 e. The van der Waals surface area contributed by atoms with Gasteiger partial charge in [-0.15, -0.1) is 0 Å². The zero-order valence-electron chi connectivity index (χ0n) is 29.2. The van der Waals surface area contributed by atoms with Crippen molar-refractivity contribution < 1.29 is 99.5 Å². The Labute approximate surface area is 305 Å². The number of hydrogen-bond acceptors (Lipinski definition) is 20. The van der Waals surface area contributed by atoms with E-state index in [1.807, 2.05) is 0 Å². The van der Waals surface area contributed by atoms with Gasteiger partial charge in [0.1, 0.15) is 67.1 Å². The fourth-order valence-corrected chi connectivity index (χ4v) is 8.55. The molecule has 4 saturated heterocycles. The van der Waals surface area contributed by atoms with Crippen molar-refractivity contribution in [2.45, 2.75) is 180 Å². The molecule has 2 saturated carbocycles. The molecule has 0 spiro atoms. The largest absolute Gasteiger partial charge is 0.394 e. The average molecular weight is 773 g/mol. The topological polar surface area (TPSA) is 328 Å². The normalized spacial score (nSPS) is 55.4. The molecule has 4 aliphatic heterocycles. The average Bonchev–Trinajstić information content (AvgIpc) is 3.12. The van der Waals surface area contributed by atoms with Gasteiger partial charge in [0, 0.05) is 5.92 Å². The first-order valence-electron chi connectivity index (χ1n) is 18.4. The van der Waals surface area contributed by atoms with Gasteiger partial charge in [-0.1, -0.05) is 0 Å². The van der Waals surface area contributed by atoms with Crippen molar-refractivity contribution in [3.05, 3.63) is 0 Å². The van der Waals surface area contributed by atoms with E-state index in [9.17, 15) is 66.4 Å². The quantitative estimate of drug-likeness (QED) is 0.104. The van der Waals surface area contributed by atoms with E-state index in [1.165, 1.54) is 6.92 Å². The van der Waals surface area contributed by atoms with Crippen LogP contribution in [0, 0.1) is 11.8 Å². The van der Waals surface area contributed by atoms with Crippen LogP contribution in [0.15, 0.2) is 0 Å². The lowest BCUT2D eigenvalue weighted by molar-refractivity contribution is -0.383. The third kappa shape index (κ3) is 8.72. The second-order valence-electron chi connectivity index (χ2n) is 15.5. The number of hydrogen-bond donors (Lipinski definition) is 13. The molecule has 0 aromatic carbocycles. The van der Waals surface area contributed by atoms with Crippen LogP contribution in [0.5, 0.6) is 0 Å². The molecule has 0 radical (unpaired) electrons. The summed E-state index contributed by atoms with van der Waals surface area (Å²) in [5.74, 6) is -0.900. The lowest BCUT2D eigenvalue weighted by Crippen LogP contribution is -2.66. The van der Waals surface area contributed by atoms with Crippen molar-refractivity contribution in [3.8, 4) is 0 Å². The minimum atomic E-state index is -1.90. The summed E-state index contributed by atoms with van der Waals surface area (Å²) in [7, 11) is 0. The number of fused-ring (bicyclic) bond motifs is 1. The molecule has 6 aliphatic rings. The Morgan fingerprint density at radius 1 is 0.547 bits per heavy atom. The van der Waals surface area contributed by atoms with Crippen molar-refractivity contribution >= 4 is 0 Å². The first-order chi connectivity index (χ1) is 25.1. The van der Waals surface area contributed by atoms with E-state index in [4.69, 9.17) is 33.2 Å². The molecule has 0 aromatic rings. The van der Waals surface area contributed by atoms with E-state index in [2.05, 4.69) is 0 Å². The Morgan fingerprint density at radius 3 is 1.91 bits per heavy atom. The highest BCUT2D eigenvalue weighted by atomic mass is 16.8. The highest BCUT2D eigenvalue weighted by Crippen LogP contribution is 2.44. The standard InChI is InChI=1S/C33H56O20/c1-10-21(39)24(42)27(45)31(48-10)47-9-20-23(41)26(44)30(53-32-28(46)25(43)22(40)19(8-34)51-32)33(52-20)50-18-7-13-15(37)5-12(35)6-17(13)49-29(18)11-2-3-14(36)16(38)4-11/h10-46H,2-9H2,1H3/t10-,11?,12?,13?,14?,15?,16?,17?,18?,19-,20-,21-,22-,23-,24+,25+,26+,27+,28-,29?,30-,31+,32+,33-/m1/s1. The van der Waals surface area contributed by atoms with Crippen LogP contribution in [0.1, 0.15) is 45.4 Å². The Morgan fingerprint density at radius 2 is 1.21 bits per heavy atom. The number of aliphatic hydroxyl groups is 13. The fourth-order valence-electron chi connectivity index (χ4n) is 8.55. The van der Waals surface area contributed by atoms with E-state index in [-0.39, 0.29) is 38.0 Å². The van der Waals surface area contributed by atoms with Crippen molar-refractivity contribution in [2.24, 2.45) is 11.8 Å². The molecular formula is C33H56O20. The van der Waals surface area contributed by atoms with Gasteiger partial charge in [0.15, 0.2) is 18.9 Å². The van der Waals surface area contributed by atoms with Crippen molar-refractivity contribution in [1.82, 2.24) is 0 Å².